The first-order valence-electron chi connectivity index (χ1n) is 8.66. The molecule has 0 bridgehead atoms. The molecular weight excluding hydrogens is 465 g/mol. The Balaban J connectivity index is 2.07. The van der Waals surface area contributed by atoms with E-state index in [2.05, 4.69) is 20.9 Å². The van der Waals surface area contributed by atoms with E-state index in [1.165, 1.54) is 29.3 Å². The summed E-state index contributed by atoms with van der Waals surface area (Å²) in [5.74, 6) is -0.285. The number of alkyl halides is 3. The van der Waals surface area contributed by atoms with Gasteiger partial charge >= 0.3 is 6.18 Å². The van der Waals surface area contributed by atoms with E-state index in [-0.39, 0.29) is 24.5 Å². The molecule has 0 aliphatic carbocycles. The van der Waals surface area contributed by atoms with E-state index in [1.54, 1.807) is 25.2 Å². The van der Waals surface area contributed by atoms with Crippen LogP contribution in [0.5, 0.6) is 0 Å². The Morgan fingerprint density at radius 2 is 1.93 bits per heavy atom. The van der Waals surface area contributed by atoms with E-state index < -0.39 is 21.9 Å². The molecule has 154 valence electrons. The maximum Gasteiger partial charge on any atom is 0.434 e. The predicted octanol–water partition coefficient (Wildman–Crippen LogP) is 4.13. The number of carbonyl (C=O) groups excluding carboxylic acids is 1. The lowest BCUT2D eigenvalue weighted by molar-refractivity contribution is -0.141. The largest absolute Gasteiger partial charge is 0.434 e. The number of hydrogen-bond acceptors (Lipinski definition) is 4. The second-order valence-electron chi connectivity index (χ2n) is 6.40. The van der Waals surface area contributed by atoms with Crippen LogP contribution in [0, 0.1) is 11.3 Å². The first-order valence-corrected chi connectivity index (χ1v) is 9.45. The monoisotopic (exact) mass is 478 g/mol. The summed E-state index contributed by atoms with van der Waals surface area (Å²) >= 11 is 2.70. The summed E-state index contributed by atoms with van der Waals surface area (Å²) in [6.07, 6.45) is -3.26. The zero-order valence-electron chi connectivity index (χ0n) is 15.6. The minimum absolute atomic E-state index is 0.150. The van der Waals surface area contributed by atoms with Crippen molar-refractivity contribution in [3.63, 3.8) is 0 Å². The van der Waals surface area contributed by atoms with Gasteiger partial charge < -0.3 is 4.90 Å². The Morgan fingerprint density at radius 1 is 1.27 bits per heavy atom. The molecular formula is C20H14BrF3N4O2. The summed E-state index contributed by atoms with van der Waals surface area (Å²) in [4.78, 5) is 29.9. The molecule has 0 radical (unpaired) electrons. The van der Waals surface area contributed by atoms with E-state index in [0.29, 0.717) is 16.7 Å². The highest BCUT2D eigenvalue weighted by molar-refractivity contribution is 9.10. The fourth-order valence-corrected chi connectivity index (χ4v) is 3.39. The first-order chi connectivity index (χ1) is 14.1. The van der Waals surface area contributed by atoms with Gasteiger partial charge in [0.15, 0.2) is 5.69 Å². The van der Waals surface area contributed by atoms with E-state index in [4.69, 9.17) is 5.26 Å². The van der Waals surface area contributed by atoms with E-state index in [9.17, 15) is 22.8 Å². The summed E-state index contributed by atoms with van der Waals surface area (Å²) in [6, 6.07) is 11.2. The highest BCUT2D eigenvalue weighted by Gasteiger charge is 2.37. The molecule has 10 heteroatoms. The fraction of sp³-hybridized carbons (Fsp3) is 0.200. The smallest absolute Gasteiger partial charge is 0.341 e. The number of nitrogens with zero attached hydrogens (tertiary/aromatic N) is 4. The molecule has 1 amide bonds. The molecule has 6 nitrogen and oxygen atoms in total. The van der Waals surface area contributed by atoms with Crippen LogP contribution >= 0.6 is 15.9 Å². The Hall–Kier alpha value is -3.19. The van der Waals surface area contributed by atoms with Crippen LogP contribution in [-0.4, -0.2) is 33.8 Å². The van der Waals surface area contributed by atoms with Crippen molar-refractivity contribution in [3.05, 3.63) is 68.7 Å². The second kappa shape index (κ2) is 8.28. The van der Waals surface area contributed by atoms with Crippen molar-refractivity contribution >= 4 is 27.5 Å². The Morgan fingerprint density at radius 3 is 2.53 bits per heavy atom. The molecule has 0 unspecified atom stereocenters. The number of carbonyl (C=O) groups is 1. The third kappa shape index (κ3) is 4.07. The number of rotatable bonds is 4. The molecule has 0 saturated carbocycles. The summed E-state index contributed by atoms with van der Waals surface area (Å²) in [5.41, 5.74) is -1.16. The number of amides is 1. The van der Waals surface area contributed by atoms with Gasteiger partial charge in [-0.25, -0.2) is 4.98 Å². The number of hydrogen-bond donors (Lipinski definition) is 0. The molecule has 30 heavy (non-hydrogen) atoms. The van der Waals surface area contributed by atoms with Crippen molar-refractivity contribution in [2.24, 2.45) is 0 Å². The molecule has 2 aromatic heterocycles. The highest BCUT2D eigenvalue weighted by Crippen LogP contribution is 2.33. The van der Waals surface area contributed by atoms with Crippen LogP contribution in [0.4, 0.5) is 13.2 Å². The van der Waals surface area contributed by atoms with Gasteiger partial charge in [-0.1, -0.05) is 12.1 Å². The molecule has 0 N–H and O–H groups in total. The van der Waals surface area contributed by atoms with Crippen molar-refractivity contribution < 1.29 is 18.0 Å². The van der Waals surface area contributed by atoms with Crippen LogP contribution in [0.3, 0.4) is 0 Å². The third-order valence-electron chi connectivity index (χ3n) is 4.42. The number of fused-ring (bicyclic) bond motifs is 1. The van der Waals surface area contributed by atoms with Gasteiger partial charge in [-0.15, -0.1) is 0 Å². The number of nitriles is 1. The standard InChI is InChI=1S/C20H14BrF3N4O2/c1-27(10-3-9-25)18(29)13-7-5-12(6-8-13)14-4-2-11-28-17(14)26-16(20(22,23)24)15(21)19(28)30/h2,4-8,11H,3,10H2,1H3. The van der Waals surface area contributed by atoms with Gasteiger partial charge in [0.25, 0.3) is 11.5 Å². The van der Waals surface area contributed by atoms with Crippen molar-refractivity contribution in [3.8, 4) is 17.2 Å². The third-order valence-corrected chi connectivity index (χ3v) is 5.13. The summed E-state index contributed by atoms with van der Waals surface area (Å²) < 4.78 is 40.3. The van der Waals surface area contributed by atoms with Crippen LogP contribution in [0.1, 0.15) is 22.5 Å². The number of benzene rings is 1. The molecule has 3 aromatic rings. The minimum Gasteiger partial charge on any atom is -0.341 e. The molecule has 0 saturated heterocycles. The van der Waals surface area contributed by atoms with Crippen molar-refractivity contribution in [1.82, 2.24) is 14.3 Å². The van der Waals surface area contributed by atoms with Crippen LogP contribution in [-0.2, 0) is 6.18 Å². The van der Waals surface area contributed by atoms with Gasteiger partial charge in [-0.3, -0.25) is 14.0 Å². The predicted molar refractivity (Wildman–Crippen MR) is 107 cm³/mol. The topological polar surface area (TPSA) is 78.5 Å². The number of pyridine rings is 1. The van der Waals surface area contributed by atoms with Crippen LogP contribution in [0.25, 0.3) is 16.8 Å². The summed E-state index contributed by atoms with van der Waals surface area (Å²) in [6.45, 7) is 0.280. The van der Waals surface area contributed by atoms with Crippen LogP contribution < -0.4 is 5.56 Å². The van der Waals surface area contributed by atoms with E-state index in [0.717, 1.165) is 4.40 Å². The molecule has 3 rings (SSSR count). The molecule has 1 aromatic carbocycles. The molecule has 0 aliphatic heterocycles. The van der Waals surface area contributed by atoms with Crippen molar-refractivity contribution in [2.75, 3.05) is 13.6 Å². The lowest BCUT2D eigenvalue weighted by Gasteiger charge is -2.16. The summed E-state index contributed by atoms with van der Waals surface area (Å²) in [5, 5.41) is 8.63. The lowest BCUT2D eigenvalue weighted by atomic mass is 10.0. The Labute approximate surface area is 177 Å². The second-order valence-corrected chi connectivity index (χ2v) is 7.20. The number of halogens is 4. The highest BCUT2D eigenvalue weighted by atomic mass is 79.9. The Bertz CT molecular complexity index is 1210. The molecule has 0 fully saturated rings. The van der Waals surface area contributed by atoms with Crippen molar-refractivity contribution in [1.29, 1.82) is 5.26 Å². The average molecular weight is 479 g/mol. The molecule has 2 heterocycles. The van der Waals surface area contributed by atoms with Crippen molar-refractivity contribution in [2.45, 2.75) is 12.6 Å². The molecule has 0 aliphatic rings. The van der Waals surface area contributed by atoms with Crippen LogP contribution in [0.15, 0.2) is 51.9 Å². The van der Waals surface area contributed by atoms with Gasteiger partial charge in [0, 0.05) is 30.9 Å². The molecule has 0 atom stereocenters. The average Bonchev–Trinajstić information content (AvgIpc) is 2.72. The zero-order valence-corrected chi connectivity index (χ0v) is 17.2. The number of aromatic nitrogens is 2. The summed E-state index contributed by atoms with van der Waals surface area (Å²) in [7, 11) is 1.57. The van der Waals surface area contributed by atoms with Gasteiger partial charge in [0.05, 0.1) is 12.5 Å². The van der Waals surface area contributed by atoms with Gasteiger partial charge in [0.2, 0.25) is 0 Å². The maximum absolute atomic E-state index is 13.3. The first kappa shape index (κ1) is 21.5. The van der Waals surface area contributed by atoms with E-state index >= 15 is 0 Å². The lowest BCUT2D eigenvalue weighted by Crippen LogP contribution is -2.27. The maximum atomic E-state index is 13.3. The van der Waals surface area contributed by atoms with Crippen LogP contribution in [0.2, 0.25) is 0 Å². The quantitative estimate of drug-likeness (QED) is 0.564. The minimum atomic E-state index is -4.80. The fourth-order valence-electron chi connectivity index (χ4n) is 2.89. The Kier molecular flexibility index (Phi) is 5.94. The van der Waals surface area contributed by atoms with Gasteiger partial charge in [-0.05, 0) is 45.8 Å². The van der Waals surface area contributed by atoms with E-state index in [1.807, 2.05) is 6.07 Å². The normalized spacial score (nSPS) is 11.3. The van der Waals surface area contributed by atoms with Gasteiger partial charge in [0.1, 0.15) is 10.1 Å². The van der Waals surface area contributed by atoms with Gasteiger partial charge in [-0.2, -0.15) is 18.4 Å². The SMILES string of the molecule is CN(CCC#N)C(=O)c1ccc(-c2cccn3c(=O)c(Br)c(C(F)(F)F)nc23)cc1. The molecule has 0 spiro atoms. The zero-order chi connectivity index (χ0) is 22.1.